The number of aliphatic hydroxyl groups is 8. The van der Waals surface area contributed by atoms with Crippen molar-refractivity contribution in [2.75, 3.05) is 6.61 Å². The van der Waals surface area contributed by atoms with Gasteiger partial charge < -0.3 is 40.9 Å². The van der Waals surface area contributed by atoms with Crippen LogP contribution in [0.3, 0.4) is 0 Å². The molecule has 0 bridgehead atoms. The highest BCUT2D eigenvalue weighted by Crippen LogP contribution is 2.67. The Morgan fingerprint density at radius 2 is 1.72 bits per heavy atom. The molecule has 0 radical (unpaired) electrons. The lowest BCUT2D eigenvalue weighted by Crippen LogP contribution is -2.75. The van der Waals surface area contributed by atoms with Gasteiger partial charge in [-0.2, -0.15) is 0 Å². The number of allylic oxidation sites excluding steroid dienone is 2. The molecule has 0 saturated heterocycles. The molecule has 3 fully saturated rings. The molecule has 0 aromatic heterocycles. The van der Waals surface area contributed by atoms with Crippen LogP contribution in [0.1, 0.15) is 39.5 Å². The topological polar surface area (TPSA) is 162 Å². The van der Waals surface area contributed by atoms with E-state index < -0.39 is 46.6 Å². The largest absolute Gasteiger partial charge is 0.394 e. The van der Waals surface area contributed by atoms with Crippen LogP contribution in [0.25, 0.3) is 0 Å². The van der Waals surface area contributed by atoms with Crippen molar-refractivity contribution in [2.24, 2.45) is 28.6 Å². The zero-order chi connectivity index (χ0) is 21.6. The molecular formula is C21H32O8. The van der Waals surface area contributed by atoms with Gasteiger partial charge in [-0.25, -0.2) is 0 Å². The summed E-state index contributed by atoms with van der Waals surface area (Å²) >= 11 is 0. The Morgan fingerprint density at radius 3 is 2.34 bits per heavy atom. The van der Waals surface area contributed by atoms with Crippen molar-refractivity contribution in [1.29, 1.82) is 0 Å². The summed E-state index contributed by atoms with van der Waals surface area (Å²) in [5.41, 5.74) is -0.878. The lowest BCUT2D eigenvalue weighted by molar-refractivity contribution is -0.431. The molecular weight excluding hydrogens is 380 g/mol. The van der Waals surface area contributed by atoms with Gasteiger partial charge in [-0.15, -0.1) is 0 Å². The second-order valence-electron chi connectivity index (χ2n) is 9.92. The Bertz CT molecular complexity index is 758. The molecule has 0 spiro atoms. The third kappa shape index (κ3) is 2.43. The number of rotatable bonds is 2. The minimum atomic E-state index is -3.16. The molecule has 4 rings (SSSR count). The van der Waals surface area contributed by atoms with E-state index in [0.29, 0.717) is 18.4 Å². The van der Waals surface area contributed by atoms with Crippen LogP contribution in [0.15, 0.2) is 23.3 Å². The highest BCUT2D eigenvalue weighted by molar-refractivity contribution is 5.43. The average Bonchev–Trinajstić information content (AvgIpc) is 2.98. The molecule has 0 aliphatic heterocycles. The first kappa shape index (κ1) is 21.4. The summed E-state index contributed by atoms with van der Waals surface area (Å²) in [6.07, 6.45) is 1.29. The highest BCUT2D eigenvalue weighted by atomic mass is 16.6. The van der Waals surface area contributed by atoms with Crippen molar-refractivity contribution in [3.63, 3.8) is 0 Å². The minimum Gasteiger partial charge on any atom is -0.394 e. The van der Waals surface area contributed by atoms with Crippen molar-refractivity contribution in [3.05, 3.63) is 23.3 Å². The van der Waals surface area contributed by atoms with Gasteiger partial charge in [0.15, 0.2) is 0 Å². The Labute approximate surface area is 169 Å². The second-order valence-corrected chi connectivity index (χ2v) is 9.92. The van der Waals surface area contributed by atoms with Crippen LogP contribution in [0.2, 0.25) is 0 Å². The summed E-state index contributed by atoms with van der Waals surface area (Å²) in [5, 5.41) is 83.6. The first-order valence-corrected chi connectivity index (χ1v) is 10.3. The third-order valence-electron chi connectivity index (χ3n) is 8.74. The molecule has 29 heavy (non-hydrogen) atoms. The van der Waals surface area contributed by atoms with Crippen molar-refractivity contribution >= 4 is 0 Å². The molecule has 8 N–H and O–H groups in total. The molecule has 8 heteroatoms. The maximum Gasteiger partial charge on any atom is 0.246 e. The van der Waals surface area contributed by atoms with E-state index in [0.717, 1.165) is 5.57 Å². The molecule has 4 aliphatic carbocycles. The van der Waals surface area contributed by atoms with Crippen LogP contribution in [0, 0.1) is 28.6 Å². The van der Waals surface area contributed by atoms with Crippen LogP contribution in [0.5, 0.6) is 0 Å². The van der Waals surface area contributed by atoms with Crippen molar-refractivity contribution in [2.45, 2.75) is 69.4 Å². The Kier molecular flexibility index (Phi) is 4.67. The Hall–Kier alpha value is -0.840. The number of hydrogen-bond acceptors (Lipinski definition) is 8. The van der Waals surface area contributed by atoms with Crippen molar-refractivity contribution in [1.82, 2.24) is 0 Å². The van der Waals surface area contributed by atoms with Gasteiger partial charge >= 0.3 is 0 Å². The fourth-order valence-electron chi connectivity index (χ4n) is 7.07. The second kappa shape index (κ2) is 6.34. The van der Waals surface area contributed by atoms with Crippen LogP contribution in [0.4, 0.5) is 0 Å². The number of fused-ring (bicyclic) bond motifs is 5. The van der Waals surface area contributed by atoms with Gasteiger partial charge in [0.1, 0.15) is 6.10 Å². The predicted octanol–water partition coefficient (Wildman–Crippen LogP) is -1.25. The van der Waals surface area contributed by atoms with E-state index in [4.69, 9.17) is 0 Å². The smallest absolute Gasteiger partial charge is 0.246 e. The third-order valence-corrected chi connectivity index (χ3v) is 8.74. The fourth-order valence-corrected chi connectivity index (χ4v) is 7.07. The van der Waals surface area contributed by atoms with E-state index >= 15 is 0 Å². The first-order valence-electron chi connectivity index (χ1n) is 10.3. The van der Waals surface area contributed by atoms with Gasteiger partial charge in [0, 0.05) is 12.3 Å². The van der Waals surface area contributed by atoms with E-state index in [1.807, 2.05) is 13.0 Å². The number of hydrogen-bond donors (Lipinski definition) is 8. The van der Waals surface area contributed by atoms with Gasteiger partial charge in [-0.05, 0) is 43.4 Å². The molecule has 0 heterocycles. The van der Waals surface area contributed by atoms with Crippen molar-refractivity contribution in [3.8, 4) is 0 Å². The normalized spacial score (nSPS) is 48.7. The summed E-state index contributed by atoms with van der Waals surface area (Å²) in [6, 6.07) is 0. The quantitative estimate of drug-likeness (QED) is 0.261. The number of aliphatic hydroxyl groups excluding tert-OH is 4. The van der Waals surface area contributed by atoms with Gasteiger partial charge in [0.25, 0.3) is 0 Å². The molecule has 8 atom stereocenters. The standard InChI is InChI=1S/C21H32O8/c1-18-8-14(23)17-11(12(18)5-6-13(18)15(24)9-22)4-3-10-7-16(25)20(26,27)21(28,29)19(10,17)2/h3-4,12-17,22-29H,5-9H2,1-2H3/t12-,13+,14+,15+,16+,17+,18-,19-/m0/s1. The minimum absolute atomic E-state index is 0.0637. The zero-order valence-electron chi connectivity index (χ0n) is 16.7. The summed E-state index contributed by atoms with van der Waals surface area (Å²) in [6.45, 7) is 3.11. The molecule has 8 nitrogen and oxygen atoms in total. The zero-order valence-corrected chi connectivity index (χ0v) is 16.7. The van der Waals surface area contributed by atoms with Crippen LogP contribution < -0.4 is 0 Å². The van der Waals surface area contributed by atoms with E-state index in [9.17, 15) is 40.9 Å². The van der Waals surface area contributed by atoms with Crippen molar-refractivity contribution < 1.29 is 40.9 Å². The molecule has 164 valence electrons. The average molecular weight is 412 g/mol. The maximum absolute atomic E-state index is 11.2. The summed E-state index contributed by atoms with van der Waals surface area (Å²) in [4.78, 5) is 0. The highest BCUT2D eigenvalue weighted by Gasteiger charge is 2.73. The molecule has 0 amide bonds. The van der Waals surface area contributed by atoms with Crippen LogP contribution >= 0.6 is 0 Å². The van der Waals surface area contributed by atoms with Gasteiger partial charge in [-0.1, -0.05) is 30.2 Å². The molecule has 0 aromatic rings. The van der Waals surface area contributed by atoms with Gasteiger partial charge in [0.05, 0.1) is 24.2 Å². The Balaban J connectivity index is 1.83. The lowest BCUT2D eigenvalue weighted by Gasteiger charge is -2.62. The van der Waals surface area contributed by atoms with Crippen LogP contribution in [-0.4, -0.2) is 77.3 Å². The monoisotopic (exact) mass is 412 g/mol. The van der Waals surface area contributed by atoms with E-state index in [1.54, 1.807) is 6.08 Å². The Morgan fingerprint density at radius 1 is 1.07 bits per heavy atom. The maximum atomic E-state index is 11.2. The summed E-state index contributed by atoms with van der Waals surface area (Å²) in [5.74, 6) is -7.31. The molecule has 0 unspecified atom stereocenters. The van der Waals surface area contributed by atoms with E-state index in [1.165, 1.54) is 6.92 Å². The first-order chi connectivity index (χ1) is 13.3. The van der Waals surface area contributed by atoms with E-state index in [2.05, 4.69) is 0 Å². The van der Waals surface area contributed by atoms with E-state index in [-0.39, 0.29) is 31.3 Å². The molecule has 0 aromatic carbocycles. The van der Waals surface area contributed by atoms with Gasteiger partial charge in [-0.3, -0.25) is 0 Å². The van der Waals surface area contributed by atoms with Crippen LogP contribution in [-0.2, 0) is 0 Å². The summed E-state index contributed by atoms with van der Waals surface area (Å²) in [7, 11) is 0. The fraction of sp³-hybridized carbons (Fsp3) is 0.810. The summed E-state index contributed by atoms with van der Waals surface area (Å²) < 4.78 is 0. The van der Waals surface area contributed by atoms with Gasteiger partial charge in [0.2, 0.25) is 11.6 Å². The SMILES string of the molecule is C[C@]12C[C@@H](O)[C@H]3C(=CC=C4C[C@@H](O)C(O)(O)C(O)(O)[C@@]43C)[C@@H]1CC[C@@H]2[C@H](O)CO. The molecule has 3 saturated carbocycles. The lowest BCUT2D eigenvalue weighted by atomic mass is 9.47. The predicted molar refractivity (Wildman–Crippen MR) is 101 cm³/mol. The molecule has 4 aliphatic rings.